The number of benzene rings is 1. The SMILES string of the molecule is O=C(NC1CCCC1)c1nnc2n1CC[C@@]1(CC2)CCN(C(=O)Cc2cccc(F)c2)C1. The maximum atomic E-state index is 13.5. The van der Waals surface area contributed by atoms with Gasteiger partial charge >= 0.3 is 0 Å². The van der Waals surface area contributed by atoms with Crippen molar-refractivity contribution in [2.45, 2.75) is 70.4 Å². The smallest absolute Gasteiger partial charge is 0.289 e. The van der Waals surface area contributed by atoms with Crippen molar-refractivity contribution in [3.05, 3.63) is 47.3 Å². The number of aromatic nitrogens is 3. The molecule has 1 spiro atoms. The number of hydrogen-bond donors (Lipinski definition) is 1. The molecule has 2 fully saturated rings. The number of nitrogens with one attached hydrogen (secondary N) is 1. The zero-order valence-electron chi connectivity index (χ0n) is 18.4. The molecule has 5 rings (SSSR count). The van der Waals surface area contributed by atoms with E-state index in [1.54, 1.807) is 12.1 Å². The van der Waals surface area contributed by atoms with Gasteiger partial charge in [-0.05, 0) is 55.2 Å². The molecule has 0 bridgehead atoms. The molecule has 3 heterocycles. The average Bonchev–Trinajstić information content (AvgIpc) is 3.49. The van der Waals surface area contributed by atoms with Crippen molar-refractivity contribution in [3.63, 3.8) is 0 Å². The highest BCUT2D eigenvalue weighted by atomic mass is 19.1. The van der Waals surface area contributed by atoms with Gasteiger partial charge in [0.25, 0.3) is 5.91 Å². The average molecular weight is 440 g/mol. The molecular weight excluding hydrogens is 409 g/mol. The van der Waals surface area contributed by atoms with Gasteiger partial charge in [-0.2, -0.15) is 0 Å². The Morgan fingerprint density at radius 1 is 1.12 bits per heavy atom. The number of hydrogen-bond acceptors (Lipinski definition) is 4. The standard InChI is InChI=1S/C24H30FN5O2/c25-18-5-3-4-17(14-18)15-21(31)29-12-10-24(16-29)9-8-20-27-28-22(30(20)13-11-24)23(32)26-19-6-1-2-7-19/h3-5,14,19H,1-2,6-13,15-16H2,(H,26,32)/t24-/m1/s1. The molecule has 1 atom stereocenters. The molecule has 1 aromatic carbocycles. The van der Waals surface area contributed by atoms with Gasteiger partial charge < -0.3 is 14.8 Å². The lowest BCUT2D eigenvalue weighted by atomic mass is 9.80. The molecule has 170 valence electrons. The summed E-state index contributed by atoms with van der Waals surface area (Å²) in [4.78, 5) is 27.5. The first-order valence-corrected chi connectivity index (χ1v) is 11.8. The van der Waals surface area contributed by atoms with E-state index in [0.29, 0.717) is 24.5 Å². The maximum absolute atomic E-state index is 13.5. The highest BCUT2D eigenvalue weighted by Gasteiger charge is 2.41. The van der Waals surface area contributed by atoms with E-state index in [2.05, 4.69) is 15.5 Å². The molecule has 3 aliphatic rings. The van der Waals surface area contributed by atoms with Gasteiger partial charge in [0.05, 0.1) is 6.42 Å². The van der Waals surface area contributed by atoms with Crippen LogP contribution in [0.15, 0.2) is 24.3 Å². The molecule has 1 saturated heterocycles. The minimum atomic E-state index is -0.312. The molecule has 2 aromatic rings. The number of carbonyl (C=O) groups is 2. The van der Waals surface area contributed by atoms with Crippen LogP contribution in [0, 0.1) is 11.2 Å². The van der Waals surface area contributed by atoms with Crippen molar-refractivity contribution in [2.24, 2.45) is 5.41 Å². The van der Waals surface area contributed by atoms with E-state index in [-0.39, 0.29) is 35.5 Å². The van der Waals surface area contributed by atoms with Gasteiger partial charge in [-0.15, -0.1) is 10.2 Å². The van der Waals surface area contributed by atoms with Crippen LogP contribution in [0.1, 0.15) is 67.0 Å². The molecule has 8 heteroatoms. The number of likely N-dealkylation sites (tertiary alicyclic amines) is 1. The zero-order chi connectivity index (χ0) is 22.1. The van der Waals surface area contributed by atoms with Crippen molar-refractivity contribution in [2.75, 3.05) is 13.1 Å². The van der Waals surface area contributed by atoms with Crippen LogP contribution in [0.4, 0.5) is 4.39 Å². The van der Waals surface area contributed by atoms with Crippen LogP contribution < -0.4 is 5.32 Å². The number of aryl methyl sites for hydroxylation is 1. The third-order valence-corrected chi connectivity index (χ3v) is 7.50. The van der Waals surface area contributed by atoms with Crippen LogP contribution >= 0.6 is 0 Å². The molecule has 1 aliphatic carbocycles. The largest absolute Gasteiger partial charge is 0.347 e. The highest BCUT2D eigenvalue weighted by molar-refractivity contribution is 5.91. The van der Waals surface area contributed by atoms with Crippen LogP contribution in [-0.4, -0.2) is 50.6 Å². The Balaban J connectivity index is 1.22. The number of halogens is 1. The van der Waals surface area contributed by atoms with Gasteiger partial charge in [-0.1, -0.05) is 25.0 Å². The molecule has 32 heavy (non-hydrogen) atoms. The fourth-order valence-corrected chi connectivity index (χ4v) is 5.58. The van der Waals surface area contributed by atoms with Gasteiger partial charge in [0.2, 0.25) is 11.7 Å². The summed E-state index contributed by atoms with van der Waals surface area (Å²) in [6.07, 6.45) is 8.17. The summed E-state index contributed by atoms with van der Waals surface area (Å²) in [5.74, 6) is 0.898. The van der Waals surface area contributed by atoms with E-state index in [4.69, 9.17) is 0 Å². The predicted molar refractivity (Wildman–Crippen MR) is 116 cm³/mol. The van der Waals surface area contributed by atoms with Gasteiger partial charge in [0.1, 0.15) is 11.6 Å². The maximum Gasteiger partial charge on any atom is 0.289 e. The second-order valence-electron chi connectivity index (χ2n) is 9.67. The lowest BCUT2D eigenvalue weighted by molar-refractivity contribution is -0.129. The van der Waals surface area contributed by atoms with Crippen molar-refractivity contribution < 1.29 is 14.0 Å². The molecule has 2 aliphatic heterocycles. The minimum absolute atomic E-state index is 0.0392. The Morgan fingerprint density at radius 2 is 1.94 bits per heavy atom. The first kappa shape index (κ1) is 21.1. The number of fused-ring (bicyclic) bond motifs is 1. The molecule has 2 amide bonds. The molecule has 0 radical (unpaired) electrons. The fourth-order valence-electron chi connectivity index (χ4n) is 5.58. The molecular formula is C24H30FN5O2. The van der Waals surface area contributed by atoms with Crippen LogP contribution in [-0.2, 0) is 24.2 Å². The number of rotatable bonds is 4. The van der Waals surface area contributed by atoms with Crippen LogP contribution in [0.3, 0.4) is 0 Å². The monoisotopic (exact) mass is 439 g/mol. The summed E-state index contributed by atoms with van der Waals surface area (Å²) in [6.45, 7) is 2.13. The topological polar surface area (TPSA) is 80.1 Å². The second kappa shape index (κ2) is 8.64. The normalized spacial score (nSPS) is 23.3. The quantitative estimate of drug-likeness (QED) is 0.795. The lowest BCUT2D eigenvalue weighted by Crippen LogP contribution is -2.35. The minimum Gasteiger partial charge on any atom is -0.347 e. The Morgan fingerprint density at radius 3 is 2.75 bits per heavy atom. The highest BCUT2D eigenvalue weighted by Crippen LogP contribution is 2.41. The van der Waals surface area contributed by atoms with Gasteiger partial charge in [-0.25, -0.2) is 4.39 Å². The third kappa shape index (κ3) is 4.27. The van der Waals surface area contributed by atoms with E-state index >= 15 is 0 Å². The van der Waals surface area contributed by atoms with Crippen LogP contribution in [0.5, 0.6) is 0 Å². The molecule has 7 nitrogen and oxygen atoms in total. The van der Waals surface area contributed by atoms with E-state index in [0.717, 1.165) is 50.9 Å². The van der Waals surface area contributed by atoms with Gasteiger partial charge in [0, 0.05) is 32.1 Å². The fraction of sp³-hybridized carbons (Fsp3) is 0.583. The van der Waals surface area contributed by atoms with Crippen LogP contribution in [0.2, 0.25) is 0 Å². The van der Waals surface area contributed by atoms with Crippen molar-refractivity contribution >= 4 is 11.8 Å². The number of carbonyl (C=O) groups excluding carboxylic acids is 2. The van der Waals surface area contributed by atoms with E-state index in [1.165, 1.54) is 25.0 Å². The number of nitrogens with zero attached hydrogens (tertiary/aromatic N) is 4. The summed E-state index contributed by atoms with van der Waals surface area (Å²) in [5, 5.41) is 11.6. The summed E-state index contributed by atoms with van der Waals surface area (Å²) in [6, 6.07) is 6.51. The first-order chi connectivity index (χ1) is 15.5. The predicted octanol–water partition coefficient (Wildman–Crippen LogP) is 2.89. The Hall–Kier alpha value is -2.77. The lowest BCUT2D eigenvalue weighted by Gasteiger charge is -2.27. The summed E-state index contributed by atoms with van der Waals surface area (Å²) in [7, 11) is 0. The Bertz CT molecular complexity index is 1020. The van der Waals surface area contributed by atoms with E-state index < -0.39 is 0 Å². The molecule has 1 saturated carbocycles. The van der Waals surface area contributed by atoms with Crippen molar-refractivity contribution in [3.8, 4) is 0 Å². The Labute approximate surface area is 187 Å². The van der Waals surface area contributed by atoms with Gasteiger partial charge in [0.15, 0.2) is 0 Å². The summed E-state index contributed by atoms with van der Waals surface area (Å²) >= 11 is 0. The van der Waals surface area contributed by atoms with E-state index in [1.807, 2.05) is 9.47 Å². The second-order valence-corrected chi connectivity index (χ2v) is 9.67. The summed E-state index contributed by atoms with van der Waals surface area (Å²) < 4.78 is 15.4. The van der Waals surface area contributed by atoms with Gasteiger partial charge in [-0.3, -0.25) is 9.59 Å². The van der Waals surface area contributed by atoms with Crippen molar-refractivity contribution in [1.82, 2.24) is 25.0 Å². The van der Waals surface area contributed by atoms with Crippen molar-refractivity contribution in [1.29, 1.82) is 0 Å². The molecule has 0 unspecified atom stereocenters. The summed E-state index contributed by atoms with van der Waals surface area (Å²) in [5.41, 5.74) is 0.748. The Kier molecular flexibility index (Phi) is 5.69. The zero-order valence-corrected chi connectivity index (χ0v) is 18.4. The van der Waals surface area contributed by atoms with E-state index in [9.17, 15) is 14.0 Å². The molecule has 1 N–H and O–H groups in total. The van der Waals surface area contributed by atoms with Crippen LogP contribution in [0.25, 0.3) is 0 Å². The first-order valence-electron chi connectivity index (χ1n) is 11.8. The molecule has 1 aromatic heterocycles. The third-order valence-electron chi connectivity index (χ3n) is 7.50. The number of amides is 2.